The molecule has 6 nitrogen and oxygen atoms in total. The molecule has 2 aromatic carbocycles. The maximum absolute atomic E-state index is 13.2. The second-order valence-electron chi connectivity index (χ2n) is 7.42. The van der Waals surface area contributed by atoms with E-state index in [0.29, 0.717) is 31.6 Å². The van der Waals surface area contributed by atoms with E-state index in [9.17, 15) is 18.8 Å². The second-order valence-corrected chi connectivity index (χ2v) is 7.42. The molecule has 31 heavy (non-hydrogen) atoms. The summed E-state index contributed by atoms with van der Waals surface area (Å²) in [4.78, 5) is 38.7. The Morgan fingerprint density at radius 2 is 1.81 bits per heavy atom. The molecule has 1 fully saturated rings. The van der Waals surface area contributed by atoms with Crippen LogP contribution in [0.15, 0.2) is 60.7 Å². The number of hydrogen-bond donors (Lipinski definition) is 1. The number of nitrogens with zero attached hydrogens (tertiary/aromatic N) is 1. The van der Waals surface area contributed by atoms with Gasteiger partial charge in [0.25, 0.3) is 5.91 Å². The standard InChI is InChI=1S/C24H25FN2O4/c1-17(23(29)26-21-9-5-8-20(25)16-21)31-24(30)19-12-14-27(15-13-19)22(28)11-10-18-6-3-2-4-7-18/h2-11,16-17,19H,12-15H2,1H3,(H,26,29)/b11-10+. The summed E-state index contributed by atoms with van der Waals surface area (Å²) in [6.07, 6.45) is 3.24. The number of halogens is 1. The number of nitrogens with one attached hydrogen (secondary N) is 1. The Morgan fingerprint density at radius 1 is 1.10 bits per heavy atom. The van der Waals surface area contributed by atoms with Crippen molar-refractivity contribution in [1.29, 1.82) is 0 Å². The van der Waals surface area contributed by atoms with Gasteiger partial charge >= 0.3 is 5.97 Å². The van der Waals surface area contributed by atoms with Gasteiger partial charge in [-0.1, -0.05) is 36.4 Å². The summed E-state index contributed by atoms with van der Waals surface area (Å²) in [7, 11) is 0. The van der Waals surface area contributed by atoms with Crippen LogP contribution in [0.1, 0.15) is 25.3 Å². The van der Waals surface area contributed by atoms with Gasteiger partial charge in [-0.25, -0.2) is 4.39 Å². The van der Waals surface area contributed by atoms with E-state index in [1.165, 1.54) is 31.2 Å². The van der Waals surface area contributed by atoms with Crippen molar-refractivity contribution in [2.24, 2.45) is 5.92 Å². The van der Waals surface area contributed by atoms with Crippen LogP contribution < -0.4 is 5.32 Å². The lowest BCUT2D eigenvalue weighted by atomic mass is 9.97. The van der Waals surface area contributed by atoms with Gasteiger partial charge in [0.2, 0.25) is 5.91 Å². The highest BCUT2D eigenvalue weighted by atomic mass is 19.1. The monoisotopic (exact) mass is 424 g/mol. The molecule has 1 heterocycles. The predicted octanol–water partition coefficient (Wildman–Crippen LogP) is 3.65. The molecule has 7 heteroatoms. The van der Waals surface area contributed by atoms with Crippen LogP contribution in [0.25, 0.3) is 6.08 Å². The van der Waals surface area contributed by atoms with Crippen LogP contribution >= 0.6 is 0 Å². The molecule has 3 rings (SSSR count). The van der Waals surface area contributed by atoms with Gasteiger partial charge in [-0.2, -0.15) is 0 Å². The average Bonchev–Trinajstić information content (AvgIpc) is 2.78. The lowest BCUT2D eigenvalue weighted by Gasteiger charge is -2.30. The van der Waals surface area contributed by atoms with Crippen molar-refractivity contribution in [2.75, 3.05) is 18.4 Å². The highest BCUT2D eigenvalue weighted by molar-refractivity contribution is 5.95. The minimum atomic E-state index is -1.01. The highest BCUT2D eigenvalue weighted by Crippen LogP contribution is 2.20. The molecule has 1 unspecified atom stereocenters. The van der Waals surface area contributed by atoms with Crippen LogP contribution in [0.3, 0.4) is 0 Å². The SMILES string of the molecule is CC(OC(=O)C1CCN(C(=O)/C=C/c2ccccc2)CC1)C(=O)Nc1cccc(F)c1. The normalized spacial score (nSPS) is 15.5. The summed E-state index contributed by atoms with van der Waals surface area (Å²) >= 11 is 0. The minimum absolute atomic E-state index is 0.0986. The van der Waals surface area contributed by atoms with Crippen molar-refractivity contribution in [3.8, 4) is 0 Å². The number of carbonyl (C=O) groups is 3. The summed E-state index contributed by atoms with van der Waals surface area (Å²) in [6, 6.07) is 15.0. The lowest BCUT2D eigenvalue weighted by Crippen LogP contribution is -2.41. The van der Waals surface area contributed by atoms with Crippen molar-refractivity contribution >= 4 is 29.5 Å². The molecule has 2 amide bonds. The van der Waals surface area contributed by atoms with Crippen LogP contribution in [0.2, 0.25) is 0 Å². The van der Waals surface area contributed by atoms with Crippen molar-refractivity contribution in [1.82, 2.24) is 4.90 Å². The largest absolute Gasteiger partial charge is 0.452 e. The zero-order chi connectivity index (χ0) is 22.2. The Bertz CT molecular complexity index is 953. The lowest BCUT2D eigenvalue weighted by molar-refractivity contribution is -0.159. The van der Waals surface area contributed by atoms with E-state index in [1.807, 2.05) is 30.3 Å². The number of likely N-dealkylation sites (tertiary alicyclic amines) is 1. The Labute approximate surface area is 180 Å². The van der Waals surface area contributed by atoms with Gasteiger partial charge in [-0.3, -0.25) is 14.4 Å². The first-order valence-electron chi connectivity index (χ1n) is 10.2. The van der Waals surface area contributed by atoms with Crippen LogP contribution in [-0.4, -0.2) is 41.9 Å². The van der Waals surface area contributed by atoms with Gasteiger partial charge in [-0.15, -0.1) is 0 Å². The Morgan fingerprint density at radius 3 is 2.48 bits per heavy atom. The molecule has 1 atom stereocenters. The molecule has 1 saturated heterocycles. The van der Waals surface area contributed by atoms with E-state index in [-0.39, 0.29) is 11.8 Å². The van der Waals surface area contributed by atoms with Gasteiger partial charge in [0.15, 0.2) is 6.10 Å². The molecule has 1 N–H and O–H groups in total. The molecular weight excluding hydrogens is 399 g/mol. The maximum atomic E-state index is 13.2. The number of ether oxygens (including phenoxy) is 1. The summed E-state index contributed by atoms with van der Waals surface area (Å²) in [6.45, 7) is 2.36. The molecule has 0 spiro atoms. The maximum Gasteiger partial charge on any atom is 0.309 e. The van der Waals surface area contributed by atoms with Gasteiger partial charge in [0.1, 0.15) is 5.82 Å². The van der Waals surface area contributed by atoms with Crippen molar-refractivity contribution in [3.05, 3.63) is 72.1 Å². The van der Waals surface area contributed by atoms with E-state index in [2.05, 4.69) is 5.32 Å². The van der Waals surface area contributed by atoms with Crippen LogP contribution in [0.5, 0.6) is 0 Å². The smallest absolute Gasteiger partial charge is 0.309 e. The molecule has 0 radical (unpaired) electrons. The zero-order valence-electron chi connectivity index (χ0n) is 17.3. The summed E-state index contributed by atoms with van der Waals surface area (Å²) in [5.74, 6) is -1.93. The molecule has 162 valence electrons. The number of rotatable bonds is 6. The highest BCUT2D eigenvalue weighted by Gasteiger charge is 2.30. The summed E-state index contributed by atoms with van der Waals surface area (Å²) in [5, 5.41) is 2.52. The van der Waals surface area contributed by atoms with E-state index >= 15 is 0 Å². The van der Waals surface area contributed by atoms with Gasteiger partial charge in [0, 0.05) is 24.9 Å². The zero-order valence-corrected chi connectivity index (χ0v) is 17.3. The third kappa shape index (κ3) is 6.50. The Balaban J connectivity index is 1.44. The van der Waals surface area contributed by atoms with Crippen molar-refractivity contribution < 1.29 is 23.5 Å². The fourth-order valence-corrected chi connectivity index (χ4v) is 3.31. The average molecular weight is 424 g/mol. The number of esters is 1. The number of benzene rings is 2. The van der Waals surface area contributed by atoms with Crippen molar-refractivity contribution in [3.63, 3.8) is 0 Å². The molecular formula is C24H25FN2O4. The van der Waals surface area contributed by atoms with E-state index in [4.69, 9.17) is 4.74 Å². The third-order valence-electron chi connectivity index (χ3n) is 5.11. The number of hydrogen-bond acceptors (Lipinski definition) is 4. The first-order chi connectivity index (χ1) is 14.9. The topological polar surface area (TPSA) is 75.7 Å². The van der Waals surface area contributed by atoms with Gasteiger partial charge < -0.3 is 15.0 Å². The number of amides is 2. The molecule has 1 aliphatic heterocycles. The van der Waals surface area contributed by atoms with Crippen LogP contribution in [-0.2, 0) is 19.1 Å². The third-order valence-corrected chi connectivity index (χ3v) is 5.11. The van der Waals surface area contributed by atoms with Crippen LogP contribution in [0.4, 0.5) is 10.1 Å². The molecule has 0 saturated carbocycles. The fraction of sp³-hybridized carbons (Fsp3) is 0.292. The van der Waals surface area contributed by atoms with E-state index < -0.39 is 23.8 Å². The first kappa shape index (κ1) is 22.2. The number of anilines is 1. The Hall–Kier alpha value is -3.48. The predicted molar refractivity (Wildman–Crippen MR) is 115 cm³/mol. The van der Waals surface area contributed by atoms with Gasteiger partial charge in [-0.05, 0) is 49.6 Å². The van der Waals surface area contributed by atoms with E-state index in [1.54, 1.807) is 17.0 Å². The summed E-state index contributed by atoms with van der Waals surface area (Å²) < 4.78 is 18.5. The Kier molecular flexibility index (Phi) is 7.54. The number of carbonyl (C=O) groups excluding carboxylic acids is 3. The second kappa shape index (κ2) is 10.5. The number of piperidine rings is 1. The fourth-order valence-electron chi connectivity index (χ4n) is 3.31. The molecule has 0 aromatic heterocycles. The minimum Gasteiger partial charge on any atom is -0.452 e. The summed E-state index contributed by atoms with van der Waals surface area (Å²) in [5.41, 5.74) is 1.24. The van der Waals surface area contributed by atoms with Crippen molar-refractivity contribution in [2.45, 2.75) is 25.9 Å². The first-order valence-corrected chi connectivity index (χ1v) is 10.2. The molecule has 0 aliphatic carbocycles. The molecule has 1 aliphatic rings. The van der Waals surface area contributed by atoms with Gasteiger partial charge in [0.05, 0.1) is 5.92 Å². The van der Waals surface area contributed by atoms with Crippen LogP contribution in [0, 0.1) is 11.7 Å². The quantitative estimate of drug-likeness (QED) is 0.567. The molecule has 0 bridgehead atoms. The van der Waals surface area contributed by atoms with E-state index in [0.717, 1.165) is 5.56 Å². The molecule has 2 aromatic rings.